The summed E-state index contributed by atoms with van der Waals surface area (Å²) in [5.74, 6) is -3.50. The maximum absolute atomic E-state index is 12.2. The lowest BCUT2D eigenvalue weighted by atomic mass is 10.1. The second-order valence-electron chi connectivity index (χ2n) is 4.29. The Bertz CT molecular complexity index is 362. The smallest absolute Gasteiger partial charge is 0.434 e. The molecule has 0 amide bonds. The van der Waals surface area contributed by atoms with E-state index in [-0.39, 0.29) is 0 Å². The van der Waals surface area contributed by atoms with Crippen molar-refractivity contribution in [2.75, 3.05) is 0 Å². The topological polar surface area (TPSA) is 52.6 Å². The molecular formula is C11H14F6O4. The summed E-state index contributed by atoms with van der Waals surface area (Å²) >= 11 is 0. The predicted octanol–water partition coefficient (Wildman–Crippen LogP) is 3.00. The Labute approximate surface area is 116 Å². The molecule has 0 fully saturated rings. The van der Waals surface area contributed by atoms with E-state index in [1.54, 1.807) is 6.92 Å². The third-order valence-corrected chi connectivity index (χ3v) is 2.47. The number of carbonyl (C=O) groups excluding carboxylic acids is 2. The van der Waals surface area contributed by atoms with Crippen molar-refractivity contribution in [3.63, 3.8) is 0 Å². The number of esters is 2. The molecule has 0 aliphatic carbocycles. The molecule has 0 heterocycles. The highest BCUT2D eigenvalue weighted by Gasteiger charge is 2.60. The summed E-state index contributed by atoms with van der Waals surface area (Å²) in [6, 6.07) is 0. The van der Waals surface area contributed by atoms with Gasteiger partial charge in [0.05, 0.1) is 5.92 Å². The average molecular weight is 324 g/mol. The minimum atomic E-state index is -5.81. The van der Waals surface area contributed by atoms with Crippen LogP contribution in [0.4, 0.5) is 26.3 Å². The Morgan fingerprint density at radius 1 is 0.905 bits per heavy atom. The number of halogens is 6. The van der Waals surface area contributed by atoms with Gasteiger partial charge in [0.15, 0.2) is 6.10 Å². The van der Waals surface area contributed by atoms with Gasteiger partial charge in [0.2, 0.25) is 0 Å². The molecule has 2 atom stereocenters. The largest absolute Gasteiger partial charge is 0.450 e. The van der Waals surface area contributed by atoms with Crippen LogP contribution >= 0.6 is 0 Å². The molecule has 0 radical (unpaired) electrons. The summed E-state index contributed by atoms with van der Waals surface area (Å²) < 4.78 is 80.9. The Balaban J connectivity index is 4.82. The summed E-state index contributed by atoms with van der Waals surface area (Å²) in [7, 11) is 0. The monoisotopic (exact) mass is 324 g/mol. The average Bonchev–Trinajstić information content (AvgIpc) is 2.31. The molecule has 0 aliphatic rings. The quantitative estimate of drug-likeness (QED) is 0.576. The van der Waals surface area contributed by atoms with Gasteiger partial charge >= 0.3 is 24.3 Å². The summed E-state index contributed by atoms with van der Waals surface area (Å²) in [6.45, 7) is 3.86. The predicted molar refractivity (Wildman–Crippen MR) is 57.0 cm³/mol. The summed E-state index contributed by atoms with van der Waals surface area (Å²) in [4.78, 5) is 22.5. The fraction of sp³-hybridized carbons (Fsp3) is 0.818. The molecule has 124 valence electrons. The van der Waals surface area contributed by atoms with Crippen molar-refractivity contribution < 1.29 is 45.4 Å². The van der Waals surface area contributed by atoms with Crippen LogP contribution in [0.25, 0.3) is 0 Å². The van der Waals surface area contributed by atoms with E-state index in [0.717, 1.165) is 6.92 Å². The molecule has 0 saturated carbocycles. The highest BCUT2D eigenvalue weighted by atomic mass is 19.4. The Morgan fingerprint density at radius 2 is 1.33 bits per heavy atom. The van der Waals surface area contributed by atoms with E-state index >= 15 is 0 Å². The first-order chi connectivity index (χ1) is 9.30. The van der Waals surface area contributed by atoms with Gasteiger partial charge in [-0.15, -0.1) is 0 Å². The fourth-order valence-electron chi connectivity index (χ4n) is 1.04. The zero-order valence-corrected chi connectivity index (χ0v) is 11.3. The Kier molecular flexibility index (Phi) is 6.50. The van der Waals surface area contributed by atoms with E-state index in [9.17, 15) is 35.9 Å². The molecule has 0 aromatic rings. The Morgan fingerprint density at radius 3 is 1.67 bits per heavy atom. The van der Waals surface area contributed by atoms with Crippen LogP contribution in [0.2, 0.25) is 0 Å². The summed E-state index contributed by atoms with van der Waals surface area (Å²) in [5.41, 5.74) is 0. The molecule has 0 aromatic carbocycles. The summed E-state index contributed by atoms with van der Waals surface area (Å²) in [6.07, 6.45) is -17.4. The zero-order chi connectivity index (χ0) is 17.0. The van der Waals surface area contributed by atoms with Crippen LogP contribution in [0, 0.1) is 5.92 Å². The van der Waals surface area contributed by atoms with Gasteiger partial charge in [-0.25, -0.2) is 4.79 Å². The van der Waals surface area contributed by atoms with Crippen molar-refractivity contribution in [1.29, 1.82) is 0 Å². The number of ether oxygens (including phenoxy) is 2. The highest BCUT2D eigenvalue weighted by Crippen LogP contribution is 2.35. The van der Waals surface area contributed by atoms with Crippen LogP contribution in [0.3, 0.4) is 0 Å². The third kappa shape index (κ3) is 6.21. The number of carbonyl (C=O) groups is 2. The van der Waals surface area contributed by atoms with Crippen LogP contribution in [0.5, 0.6) is 0 Å². The first-order valence-corrected chi connectivity index (χ1v) is 5.85. The molecule has 21 heavy (non-hydrogen) atoms. The number of hydrogen-bond donors (Lipinski definition) is 0. The van der Waals surface area contributed by atoms with E-state index in [1.807, 2.05) is 0 Å². The SMILES string of the molecule is CCC(C)C(=O)OC(C)C(=O)OC(C(F)(F)F)C(F)(F)F. The molecule has 0 spiro atoms. The first kappa shape index (κ1) is 19.5. The lowest BCUT2D eigenvalue weighted by molar-refractivity contribution is -0.314. The molecule has 0 saturated heterocycles. The maximum Gasteiger partial charge on any atom is 0.434 e. The van der Waals surface area contributed by atoms with E-state index < -0.39 is 42.4 Å². The molecule has 10 heteroatoms. The molecule has 0 bridgehead atoms. The molecule has 0 aliphatic heterocycles. The second-order valence-corrected chi connectivity index (χ2v) is 4.29. The normalized spacial score (nSPS) is 15.5. The zero-order valence-electron chi connectivity index (χ0n) is 11.3. The maximum atomic E-state index is 12.2. The number of alkyl halides is 6. The number of hydrogen-bond acceptors (Lipinski definition) is 4. The van der Waals surface area contributed by atoms with Gasteiger partial charge in [-0.3, -0.25) is 4.79 Å². The standard InChI is InChI=1S/C11H14F6O4/c1-4-5(2)7(18)20-6(3)8(19)21-9(10(12,13)14)11(15,16)17/h5-6,9H,4H2,1-3H3. The fourth-order valence-corrected chi connectivity index (χ4v) is 1.04. The van der Waals surface area contributed by atoms with Crippen molar-refractivity contribution in [3.05, 3.63) is 0 Å². The van der Waals surface area contributed by atoms with Crippen molar-refractivity contribution in [2.24, 2.45) is 5.92 Å². The van der Waals surface area contributed by atoms with Gasteiger partial charge in [0.25, 0.3) is 6.10 Å². The van der Waals surface area contributed by atoms with Gasteiger partial charge in [-0.05, 0) is 13.3 Å². The molecule has 0 aromatic heterocycles. The van der Waals surface area contributed by atoms with Crippen LogP contribution in [0.15, 0.2) is 0 Å². The minimum Gasteiger partial charge on any atom is -0.450 e. The third-order valence-electron chi connectivity index (χ3n) is 2.47. The molecular weight excluding hydrogens is 310 g/mol. The van der Waals surface area contributed by atoms with Crippen molar-refractivity contribution in [1.82, 2.24) is 0 Å². The van der Waals surface area contributed by atoms with Gasteiger partial charge < -0.3 is 9.47 Å². The lowest BCUT2D eigenvalue weighted by Crippen LogP contribution is -2.47. The van der Waals surface area contributed by atoms with Gasteiger partial charge in [-0.2, -0.15) is 26.3 Å². The van der Waals surface area contributed by atoms with Crippen LogP contribution in [-0.4, -0.2) is 36.5 Å². The van der Waals surface area contributed by atoms with Crippen LogP contribution < -0.4 is 0 Å². The number of rotatable bonds is 5. The Hall–Kier alpha value is -1.48. The molecule has 4 nitrogen and oxygen atoms in total. The van der Waals surface area contributed by atoms with E-state index in [0.29, 0.717) is 6.42 Å². The molecule has 0 rings (SSSR count). The molecule has 0 N–H and O–H groups in total. The van der Waals surface area contributed by atoms with Gasteiger partial charge in [-0.1, -0.05) is 13.8 Å². The first-order valence-electron chi connectivity index (χ1n) is 5.85. The van der Waals surface area contributed by atoms with Crippen molar-refractivity contribution in [2.45, 2.75) is 51.8 Å². The highest BCUT2D eigenvalue weighted by molar-refractivity contribution is 5.80. The van der Waals surface area contributed by atoms with Crippen LogP contribution in [0.1, 0.15) is 27.2 Å². The minimum absolute atomic E-state index is 0.328. The van der Waals surface area contributed by atoms with E-state index in [2.05, 4.69) is 9.47 Å². The second kappa shape index (κ2) is 6.99. The van der Waals surface area contributed by atoms with E-state index in [4.69, 9.17) is 0 Å². The van der Waals surface area contributed by atoms with E-state index in [1.165, 1.54) is 6.92 Å². The molecule has 2 unspecified atom stereocenters. The summed E-state index contributed by atoms with van der Waals surface area (Å²) in [5, 5.41) is 0. The van der Waals surface area contributed by atoms with Gasteiger partial charge in [0, 0.05) is 0 Å². The van der Waals surface area contributed by atoms with Crippen LogP contribution in [-0.2, 0) is 19.1 Å². The van der Waals surface area contributed by atoms with Gasteiger partial charge in [0.1, 0.15) is 0 Å². The van der Waals surface area contributed by atoms with Crippen molar-refractivity contribution in [3.8, 4) is 0 Å². The van der Waals surface area contributed by atoms with Crippen molar-refractivity contribution >= 4 is 11.9 Å². The lowest BCUT2D eigenvalue weighted by Gasteiger charge is -2.24.